The normalized spacial score (nSPS) is 12.5. The fourth-order valence-electron chi connectivity index (χ4n) is 2.35. The first-order chi connectivity index (χ1) is 17.8. The zero-order chi connectivity index (χ0) is 27.6. The van der Waals surface area contributed by atoms with Crippen LogP contribution in [0.25, 0.3) is 0 Å². The molecule has 0 aromatic rings. The number of carboxylic acids is 1. The van der Waals surface area contributed by atoms with Crippen molar-refractivity contribution in [2.45, 2.75) is 51.9 Å². The van der Waals surface area contributed by atoms with Crippen LogP contribution in [-0.4, -0.2) is 35.0 Å². The monoisotopic (exact) mass is 510 g/mol. The molecule has 8 nitrogen and oxygen atoms in total. The Labute approximate surface area is 217 Å². The van der Waals surface area contributed by atoms with Gasteiger partial charge >= 0.3 is 29.8 Å². The molecule has 37 heavy (non-hydrogen) atoms. The fraction of sp³-hybridized carbons (Fsp3) is 0.276. The molecule has 0 aliphatic rings. The summed E-state index contributed by atoms with van der Waals surface area (Å²) in [5, 5.41) is 8.35. The molecule has 0 saturated carbocycles. The number of ether oxygens (including phenoxy) is 2. The van der Waals surface area contributed by atoms with Crippen molar-refractivity contribution in [2.75, 3.05) is 0 Å². The molecule has 0 bridgehead atoms. The third-order valence-corrected chi connectivity index (χ3v) is 4.03. The van der Waals surface area contributed by atoms with Crippen LogP contribution in [0.15, 0.2) is 97.2 Å². The second-order valence-electron chi connectivity index (χ2n) is 7.17. The van der Waals surface area contributed by atoms with Crippen LogP contribution in [0.3, 0.4) is 0 Å². The Morgan fingerprint density at radius 1 is 0.486 bits per heavy atom. The summed E-state index contributed by atoms with van der Waals surface area (Å²) in [5.74, 6) is -5.88. The van der Waals surface area contributed by atoms with Gasteiger partial charge in [-0.2, -0.15) is 0 Å². The lowest BCUT2D eigenvalue weighted by Crippen LogP contribution is -2.10. The van der Waals surface area contributed by atoms with Crippen LogP contribution in [-0.2, 0) is 33.4 Å². The van der Waals surface area contributed by atoms with Crippen molar-refractivity contribution in [1.29, 1.82) is 0 Å². The SMILES string of the molecule is CCC=CCC=CCC=CCC=CCC=CCC/C=C/C(=O)OC(=O)C=CC(=O)OC(=O)C=CC(=O)O. The number of carbonyl (C=O) groups excluding carboxylic acids is 4. The highest BCUT2D eigenvalue weighted by molar-refractivity contribution is 6.02. The molecule has 0 amide bonds. The number of unbranched alkanes of at least 4 members (excludes halogenated alkanes) is 1. The zero-order valence-corrected chi connectivity index (χ0v) is 21.0. The highest BCUT2D eigenvalue weighted by Crippen LogP contribution is 1.98. The standard InChI is InChI=1S/C29H34O8/c1-2-3-4-5-6-7-8-9-10-11-12-13-14-15-16-17-18-19-20-26(32)36-28(34)23-24-29(35)37-27(33)22-21-25(30)31/h3-4,6-7,9-10,12-13,15-16,19-24H,2,5,8,11,14,17-18H2,1H3,(H,30,31)/b4-3?,7-6?,10-9?,13-12?,16-15?,20-19+,22-21?,24-23?. The Morgan fingerprint density at radius 2 is 0.838 bits per heavy atom. The second kappa shape index (κ2) is 23.4. The molecule has 0 radical (unpaired) electrons. The Morgan fingerprint density at radius 3 is 1.27 bits per heavy atom. The summed E-state index contributed by atoms with van der Waals surface area (Å²) in [6, 6.07) is 0. The highest BCUT2D eigenvalue weighted by atomic mass is 16.6. The Hall–Kier alpha value is -4.33. The van der Waals surface area contributed by atoms with Crippen LogP contribution >= 0.6 is 0 Å². The Bertz CT molecular complexity index is 972. The minimum atomic E-state index is -1.40. The van der Waals surface area contributed by atoms with E-state index in [1.54, 1.807) is 6.08 Å². The van der Waals surface area contributed by atoms with Crippen molar-refractivity contribution in [3.63, 3.8) is 0 Å². The molecule has 0 saturated heterocycles. The van der Waals surface area contributed by atoms with Gasteiger partial charge in [0.2, 0.25) is 0 Å². The number of esters is 4. The van der Waals surface area contributed by atoms with Gasteiger partial charge in [-0.25, -0.2) is 24.0 Å². The molecule has 0 aromatic carbocycles. The van der Waals surface area contributed by atoms with E-state index >= 15 is 0 Å². The number of hydrogen-bond donors (Lipinski definition) is 1. The average molecular weight is 511 g/mol. The van der Waals surface area contributed by atoms with Gasteiger partial charge in [-0.3, -0.25) is 0 Å². The number of hydrogen-bond acceptors (Lipinski definition) is 7. The first kappa shape index (κ1) is 32.7. The molecule has 0 unspecified atom stereocenters. The van der Waals surface area contributed by atoms with Crippen molar-refractivity contribution in [2.24, 2.45) is 0 Å². The minimum Gasteiger partial charge on any atom is -0.478 e. The summed E-state index contributed by atoms with van der Waals surface area (Å²) in [6.45, 7) is 2.12. The van der Waals surface area contributed by atoms with Crippen LogP contribution in [0.5, 0.6) is 0 Å². The van der Waals surface area contributed by atoms with Crippen LogP contribution in [0.2, 0.25) is 0 Å². The molecule has 1 N–H and O–H groups in total. The lowest BCUT2D eigenvalue weighted by atomic mass is 10.2. The third kappa shape index (κ3) is 24.6. The van der Waals surface area contributed by atoms with E-state index < -0.39 is 29.8 Å². The van der Waals surface area contributed by atoms with Gasteiger partial charge in [0.25, 0.3) is 0 Å². The predicted molar refractivity (Wildman–Crippen MR) is 141 cm³/mol. The van der Waals surface area contributed by atoms with Crippen LogP contribution in [0.4, 0.5) is 0 Å². The van der Waals surface area contributed by atoms with Crippen LogP contribution < -0.4 is 0 Å². The molecule has 8 heteroatoms. The van der Waals surface area contributed by atoms with Gasteiger partial charge in [-0.1, -0.05) is 73.8 Å². The van der Waals surface area contributed by atoms with E-state index in [1.807, 2.05) is 12.2 Å². The Kier molecular flexibility index (Phi) is 20.7. The molecular weight excluding hydrogens is 476 g/mol. The van der Waals surface area contributed by atoms with E-state index in [0.29, 0.717) is 37.1 Å². The lowest BCUT2D eigenvalue weighted by molar-refractivity contribution is -0.155. The Balaban J connectivity index is 3.96. The topological polar surface area (TPSA) is 124 Å². The van der Waals surface area contributed by atoms with Gasteiger partial charge in [-0.15, -0.1) is 0 Å². The van der Waals surface area contributed by atoms with Gasteiger partial charge in [0, 0.05) is 30.4 Å². The summed E-state index contributed by atoms with van der Waals surface area (Å²) in [5.41, 5.74) is 0. The third-order valence-electron chi connectivity index (χ3n) is 4.03. The van der Waals surface area contributed by atoms with Gasteiger partial charge in [0.05, 0.1) is 0 Å². The molecule has 0 heterocycles. The van der Waals surface area contributed by atoms with Gasteiger partial charge in [-0.05, 0) is 44.9 Å². The highest BCUT2D eigenvalue weighted by Gasteiger charge is 2.07. The van der Waals surface area contributed by atoms with E-state index in [0.717, 1.165) is 38.2 Å². The number of aliphatic carboxylic acids is 1. The molecule has 0 aliphatic heterocycles. The summed E-state index contributed by atoms with van der Waals surface area (Å²) >= 11 is 0. The largest absolute Gasteiger partial charge is 0.478 e. The minimum absolute atomic E-state index is 0.486. The van der Waals surface area contributed by atoms with Crippen molar-refractivity contribution in [3.05, 3.63) is 97.2 Å². The lowest BCUT2D eigenvalue weighted by Gasteiger charge is -1.95. The number of carbonyl (C=O) groups is 5. The summed E-state index contributed by atoms with van der Waals surface area (Å²) < 4.78 is 8.63. The van der Waals surface area contributed by atoms with Crippen molar-refractivity contribution in [1.82, 2.24) is 0 Å². The van der Waals surface area contributed by atoms with Crippen molar-refractivity contribution < 1.29 is 38.6 Å². The van der Waals surface area contributed by atoms with Gasteiger partial charge < -0.3 is 14.6 Å². The van der Waals surface area contributed by atoms with E-state index in [-0.39, 0.29) is 0 Å². The van der Waals surface area contributed by atoms with Crippen LogP contribution in [0, 0.1) is 0 Å². The van der Waals surface area contributed by atoms with E-state index in [9.17, 15) is 24.0 Å². The maximum atomic E-state index is 11.6. The molecule has 0 fully saturated rings. The average Bonchev–Trinajstić information content (AvgIpc) is 2.85. The quantitative estimate of drug-likeness (QED) is 0.0905. The predicted octanol–water partition coefficient (Wildman–Crippen LogP) is 5.41. The number of allylic oxidation sites excluding steroid dienone is 11. The number of carboxylic acid groups (broad SMARTS) is 1. The van der Waals surface area contributed by atoms with Crippen LogP contribution in [0.1, 0.15) is 51.9 Å². The summed E-state index contributed by atoms with van der Waals surface area (Å²) in [7, 11) is 0. The van der Waals surface area contributed by atoms with E-state index in [4.69, 9.17) is 5.11 Å². The van der Waals surface area contributed by atoms with Crippen molar-refractivity contribution in [3.8, 4) is 0 Å². The number of rotatable bonds is 17. The van der Waals surface area contributed by atoms with Gasteiger partial charge in [0.1, 0.15) is 0 Å². The van der Waals surface area contributed by atoms with Gasteiger partial charge in [0.15, 0.2) is 0 Å². The summed E-state index contributed by atoms with van der Waals surface area (Å²) in [4.78, 5) is 55.7. The first-order valence-electron chi connectivity index (χ1n) is 11.9. The molecule has 0 atom stereocenters. The maximum Gasteiger partial charge on any atom is 0.338 e. The maximum absolute atomic E-state index is 11.6. The molecule has 198 valence electrons. The molecular formula is C29H34O8. The fourth-order valence-corrected chi connectivity index (χ4v) is 2.35. The second-order valence-corrected chi connectivity index (χ2v) is 7.17. The van der Waals surface area contributed by atoms with Crippen molar-refractivity contribution >= 4 is 29.8 Å². The molecule has 0 spiro atoms. The van der Waals surface area contributed by atoms with E-state index in [1.165, 1.54) is 0 Å². The molecule has 0 rings (SSSR count). The zero-order valence-electron chi connectivity index (χ0n) is 21.0. The molecule has 0 aliphatic carbocycles. The summed E-state index contributed by atoms with van der Waals surface area (Å²) in [6.07, 6.45) is 31.9. The molecule has 0 aromatic heterocycles. The smallest absolute Gasteiger partial charge is 0.338 e. The van der Waals surface area contributed by atoms with E-state index in [2.05, 4.69) is 65.0 Å². The first-order valence-corrected chi connectivity index (χ1v) is 11.9.